The fourth-order valence-corrected chi connectivity index (χ4v) is 5.67. The molecule has 0 saturated carbocycles. The molecule has 3 rings (SSSR count). The van der Waals surface area contributed by atoms with E-state index in [1.54, 1.807) is 31.8 Å². The van der Waals surface area contributed by atoms with E-state index in [1.807, 2.05) is 0 Å². The summed E-state index contributed by atoms with van der Waals surface area (Å²) in [5.41, 5.74) is 0.288. The van der Waals surface area contributed by atoms with Gasteiger partial charge in [-0.05, 0) is 12.1 Å². The Kier molecular flexibility index (Phi) is 9.83. The smallest absolute Gasteiger partial charge is 0.280 e. The first kappa shape index (κ1) is 26.8. The predicted octanol–water partition coefficient (Wildman–Crippen LogP) is 2.31. The van der Waals surface area contributed by atoms with Crippen molar-refractivity contribution >= 4 is 49.4 Å². The van der Waals surface area contributed by atoms with Crippen LogP contribution in [-0.4, -0.2) is 66.2 Å². The lowest BCUT2D eigenvalue weighted by atomic mass is 10.1. The number of aliphatic hydroxyl groups excluding tert-OH is 1. The van der Waals surface area contributed by atoms with E-state index in [9.17, 15) is 13.2 Å². The molecule has 3 aromatic rings. The van der Waals surface area contributed by atoms with Crippen LogP contribution in [0, 0.1) is 0 Å². The number of oxime groups is 1. The fraction of sp³-hybridized carbons (Fsp3) is 0.333. The maximum Gasteiger partial charge on any atom is 0.280 e. The zero-order chi connectivity index (χ0) is 25.3. The van der Waals surface area contributed by atoms with E-state index in [1.165, 1.54) is 51.2 Å². The minimum atomic E-state index is -3.80. The van der Waals surface area contributed by atoms with Gasteiger partial charge in [0.1, 0.15) is 5.01 Å². The normalized spacial score (nSPS) is 12.2. The molecule has 0 fully saturated rings. The summed E-state index contributed by atoms with van der Waals surface area (Å²) in [4.78, 5) is 27.5. The van der Waals surface area contributed by atoms with Crippen molar-refractivity contribution in [3.8, 4) is 0 Å². The topological polar surface area (TPSA) is 143 Å². The molecule has 0 atom stereocenters. The third-order valence-electron chi connectivity index (χ3n) is 4.57. The molecular formula is C21H25N5O6S3. The van der Waals surface area contributed by atoms with E-state index < -0.39 is 15.9 Å². The minimum Gasteiger partial charge on any atom is -0.395 e. The van der Waals surface area contributed by atoms with Gasteiger partial charge in [0.2, 0.25) is 10.0 Å². The standard InChI is InChI=1S/C21H25N5O6S3/c1-3-26(9-10-27)35(29,30)17-6-4-15(5-7-17)19(25-32-14-18-22-8-11-33-18)20(28)24-21-23-12-16(34-21)13-31-2/h4-8,11-12,27H,3,9-10,13-14H2,1-2H3,(H,23,24,28)/b25-19+. The summed E-state index contributed by atoms with van der Waals surface area (Å²) in [6.07, 6.45) is 3.24. The summed E-state index contributed by atoms with van der Waals surface area (Å²) in [7, 11) is -2.23. The molecule has 0 aliphatic heterocycles. The third kappa shape index (κ3) is 7.13. The molecule has 0 spiro atoms. The number of thiazole rings is 2. The number of methoxy groups -OCH3 is 1. The van der Waals surface area contributed by atoms with Crippen molar-refractivity contribution in [2.75, 3.05) is 32.1 Å². The summed E-state index contributed by atoms with van der Waals surface area (Å²) in [6.45, 7) is 2.03. The van der Waals surface area contributed by atoms with E-state index in [2.05, 4.69) is 20.4 Å². The number of carbonyl (C=O) groups is 1. The van der Waals surface area contributed by atoms with Crippen molar-refractivity contribution in [3.63, 3.8) is 0 Å². The average Bonchev–Trinajstić information content (AvgIpc) is 3.52. The second-order valence-corrected chi connectivity index (χ2v) is 10.9. The van der Waals surface area contributed by atoms with Crippen molar-refractivity contribution < 1.29 is 27.9 Å². The number of nitrogens with one attached hydrogen (secondary N) is 1. The van der Waals surface area contributed by atoms with Crippen molar-refractivity contribution in [2.24, 2.45) is 5.16 Å². The number of amides is 1. The van der Waals surface area contributed by atoms with Gasteiger partial charge in [0, 0.05) is 43.5 Å². The Labute approximate surface area is 211 Å². The first-order valence-electron chi connectivity index (χ1n) is 10.4. The molecule has 2 aromatic heterocycles. The zero-order valence-corrected chi connectivity index (χ0v) is 21.5. The summed E-state index contributed by atoms with van der Waals surface area (Å²) in [6, 6.07) is 5.72. The molecule has 11 nitrogen and oxygen atoms in total. The Hall–Kier alpha value is -2.75. The minimum absolute atomic E-state index is 0.0147. The Morgan fingerprint density at radius 2 is 2.00 bits per heavy atom. The maximum atomic E-state index is 13.0. The van der Waals surface area contributed by atoms with E-state index in [4.69, 9.17) is 14.7 Å². The fourth-order valence-electron chi connectivity index (χ4n) is 2.93. The lowest BCUT2D eigenvalue weighted by Gasteiger charge is -2.19. The highest BCUT2D eigenvalue weighted by molar-refractivity contribution is 7.89. The molecule has 0 aliphatic carbocycles. The molecule has 0 radical (unpaired) electrons. The second-order valence-electron chi connectivity index (χ2n) is 6.90. The molecule has 2 heterocycles. The van der Waals surface area contributed by atoms with Crippen LogP contribution in [0.2, 0.25) is 0 Å². The number of aromatic nitrogens is 2. The molecule has 0 aliphatic rings. The molecule has 2 N–H and O–H groups in total. The number of hydrogen-bond donors (Lipinski definition) is 2. The van der Waals surface area contributed by atoms with Crippen LogP contribution in [-0.2, 0) is 37.6 Å². The molecule has 1 aromatic carbocycles. The summed E-state index contributed by atoms with van der Waals surface area (Å²) >= 11 is 2.65. The van der Waals surface area contributed by atoms with Crippen LogP contribution in [0.15, 0.2) is 52.1 Å². The van der Waals surface area contributed by atoms with Gasteiger partial charge in [0.25, 0.3) is 5.91 Å². The van der Waals surface area contributed by atoms with Crippen molar-refractivity contribution in [1.82, 2.24) is 14.3 Å². The number of carbonyl (C=O) groups excluding carboxylic acids is 1. The van der Waals surface area contributed by atoms with Crippen LogP contribution in [0.1, 0.15) is 22.4 Å². The molecule has 0 unspecified atom stereocenters. The molecule has 35 heavy (non-hydrogen) atoms. The van der Waals surface area contributed by atoms with Gasteiger partial charge in [-0.3, -0.25) is 10.1 Å². The first-order chi connectivity index (χ1) is 16.9. The largest absolute Gasteiger partial charge is 0.395 e. The zero-order valence-electron chi connectivity index (χ0n) is 19.1. The second kappa shape index (κ2) is 12.8. The lowest BCUT2D eigenvalue weighted by molar-refractivity contribution is -0.110. The Morgan fingerprint density at radius 3 is 2.63 bits per heavy atom. The van der Waals surface area contributed by atoms with Crippen molar-refractivity contribution in [2.45, 2.75) is 25.0 Å². The molecule has 0 bridgehead atoms. The van der Waals surface area contributed by atoms with Crippen molar-refractivity contribution in [1.29, 1.82) is 0 Å². The van der Waals surface area contributed by atoms with Gasteiger partial charge in [-0.2, -0.15) is 4.31 Å². The van der Waals surface area contributed by atoms with Crippen LogP contribution < -0.4 is 5.32 Å². The molecule has 188 valence electrons. The molecule has 14 heteroatoms. The van der Waals surface area contributed by atoms with Crippen LogP contribution in [0.3, 0.4) is 0 Å². The van der Waals surface area contributed by atoms with Crippen molar-refractivity contribution in [3.05, 3.63) is 57.5 Å². The highest BCUT2D eigenvalue weighted by atomic mass is 32.2. The van der Waals surface area contributed by atoms with Crippen LogP contribution in [0.4, 0.5) is 5.13 Å². The number of rotatable bonds is 13. The Bertz CT molecular complexity index is 1230. The van der Waals surface area contributed by atoms with E-state index >= 15 is 0 Å². The first-order valence-corrected chi connectivity index (χ1v) is 13.6. The SMILES string of the molecule is CCN(CCO)S(=O)(=O)c1ccc(/C(=N\OCc2nccs2)C(=O)Nc2ncc(COC)s2)cc1. The van der Waals surface area contributed by atoms with Gasteiger partial charge in [-0.1, -0.05) is 35.5 Å². The number of nitrogens with zero attached hydrogens (tertiary/aromatic N) is 4. The molecular weight excluding hydrogens is 514 g/mol. The molecule has 0 saturated heterocycles. The summed E-state index contributed by atoms with van der Waals surface area (Å²) in [5, 5.41) is 18.7. The number of likely N-dealkylation sites (N-methyl/N-ethyl adjacent to an activating group) is 1. The number of sulfonamides is 1. The maximum absolute atomic E-state index is 13.0. The lowest BCUT2D eigenvalue weighted by Crippen LogP contribution is -2.33. The monoisotopic (exact) mass is 539 g/mol. The van der Waals surface area contributed by atoms with Gasteiger partial charge in [-0.15, -0.1) is 11.3 Å². The van der Waals surface area contributed by atoms with Crippen LogP contribution >= 0.6 is 22.7 Å². The van der Waals surface area contributed by atoms with E-state index in [0.29, 0.717) is 22.3 Å². The van der Waals surface area contributed by atoms with Crippen LogP contribution in [0.25, 0.3) is 0 Å². The predicted molar refractivity (Wildman–Crippen MR) is 133 cm³/mol. The number of benzene rings is 1. The highest BCUT2D eigenvalue weighted by Crippen LogP contribution is 2.20. The van der Waals surface area contributed by atoms with Crippen LogP contribution in [0.5, 0.6) is 0 Å². The average molecular weight is 540 g/mol. The quantitative estimate of drug-likeness (QED) is 0.249. The summed E-state index contributed by atoms with van der Waals surface area (Å²) < 4.78 is 31.9. The van der Waals surface area contributed by atoms with E-state index in [-0.39, 0.29) is 36.9 Å². The Balaban J connectivity index is 1.85. The number of anilines is 1. The van der Waals surface area contributed by atoms with Gasteiger partial charge < -0.3 is 14.7 Å². The van der Waals surface area contributed by atoms with Gasteiger partial charge in [0.05, 0.1) is 23.0 Å². The van der Waals surface area contributed by atoms with Gasteiger partial charge in [0.15, 0.2) is 17.5 Å². The van der Waals surface area contributed by atoms with Gasteiger partial charge >= 0.3 is 0 Å². The highest BCUT2D eigenvalue weighted by Gasteiger charge is 2.24. The number of hydrogen-bond acceptors (Lipinski definition) is 11. The molecule has 1 amide bonds. The third-order valence-corrected chi connectivity index (χ3v) is 8.20. The number of aliphatic hydroxyl groups is 1. The number of ether oxygens (including phenoxy) is 1. The Morgan fingerprint density at radius 1 is 1.23 bits per heavy atom. The van der Waals surface area contributed by atoms with Gasteiger partial charge in [-0.25, -0.2) is 18.4 Å². The summed E-state index contributed by atoms with van der Waals surface area (Å²) in [5.74, 6) is -0.575. The van der Waals surface area contributed by atoms with E-state index in [0.717, 1.165) is 4.88 Å².